The topological polar surface area (TPSA) is 14.2 Å². The third-order valence-electron chi connectivity index (χ3n) is 3.11. The minimum Gasteiger partial charge on any atom is -0.461 e. The number of allylic oxidation sites excluding steroid dienone is 1. The average molecular weight is 403 g/mol. The molecular weight excluding hydrogens is 393 g/mol. The first kappa shape index (κ1) is 19.0. The summed E-state index contributed by atoms with van der Waals surface area (Å²) >= 11 is 17.7. The van der Waals surface area contributed by atoms with Crippen molar-refractivity contribution >= 4 is 34.8 Å². The van der Waals surface area contributed by atoms with Gasteiger partial charge in [0.2, 0.25) is 0 Å². The Labute approximate surface area is 150 Å². The van der Waals surface area contributed by atoms with Crippen molar-refractivity contribution in [2.75, 3.05) is 0 Å². The van der Waals surface area contributed by atoms with Gasteiger partial charge in [-0.2, -0.15) is 13.2 Å². The largest absolute Gasteiger partial charge is 0.461 e. The van der Waals surface area contributed by atoms with Gasteiger partial charge in [-0.1, -0.05) is 41.4 Å². The SMILES string of the molecule is C=C(C)Oc1cc(-c2c(Cl)c(C(F)(F)F)n(C)c2Cl)c(F)cc1Cl. The minimum absolute atomic E-state index is 0.0186. The molecule has 0 aliphatic carbocycles. The number of hydrogen-bond acceptors (Lipinski definition) is 1. The first-order chi connectivity index (χ1) is 10.9. The zero-order valence-electron chi connectivity index (χ0n) is 12.4. The highest BCUT2D eigenvalue weighted by molar-refractivity contribution is 6.40. The molecule has 0 saturated carbocycles. The molecule has 2 aromatic rings. The fraction of sp³-hybridized carbons (Fsp3) is 0.200. The molecule has 24 heavy (non-hydrogen) atoms. The van der Waals surface area contributed by atoms with Crippen LogP contribution < -0.4 is 4.74 Å². The molecule has 0 fully saturated rings. The van der Waals surface area contributed by atoms with Crippen molar-refractivity contribution < 1.29 is 22.3 Å². The van der Waals surface area contributed by atoms with Gasteiger partial charge in [-0.3, -0.25) is 0 Å². The van der Waals surface area contributed by atoms with Gasteiger partial charge in [-0.05, 0) is 19.1 Å². The normalized spacial score (nSPS) is 11.7. The minimum atomic E-state index is -4.76. The highest BCUT2D eigenvalue weighted by Crippen LogP contribution is 2.47. The summed E-state index contributed by atoms with van der Waals surface area (Å²) < 4.78 is 59.5. The second-order valence-electron chi connectivity index (χ2n) is 4.95. The van der Waals surface area contributed by atoms with E-state index in [1.165, 1.54) is 6.92 Å². The van der Waals surface area contributed by atoms with Gasteiger partial charge in [-0.25, -0.2) is 4.39 Å². The van der Waals surface area contributed by atoms with Crippen molar-refractivity contribution in [3.05, 3.63) is 51.2 Å². The number of aromatic nitrogens is 1. The Bertz CT molecular complexity index is 827. The van der Waals surface area contributed by atoms with Crippen molar-refractivity contribution in [2.45, 2.75) is 13.1 Å². The number of ether oxygens (including phenoxy) is 1. The van der Waals surface area contributed by atoms with Gasteiger partial charge in [-0.15, -0.1) is 0 Å². The van der Waals surface area contributed by atoms with Crippen molar-refractivity contribution in [1.29, 1.82) is 0 Å². The molecule has 1 aromatic heterocycles. The molecule has 0 bridgehead atoms. The summed E-state index contributed by atoms with van der Waals surface area (Å²) in [6.45, 7) is 5.05. The summed E-state index contributed by atoms with van der Waals surface area (Å²) in [5.41, 5.74) is -1.74. The number of nitrogens with zero attached hydrogens (tertiary/aromatic N) is 1. The van der Waals surface area contributed by atoms with E-state index in [0.29, 0.717) is 4.57 Å². The van der Waals surface area contributed by atoms with Gasteiger partial charge >= 0.3 is 6.18 Å². The van der Waals surface area contributed by atoms with E-state index in [1.54, 1.807) is 0 Å². The lowest BCUT2D eigenvalue weighted by Gasteiger charge is -2.11. The lowest BCUT2D eigenvalue weighted by Crippen LogP contribution is -2.11. The fourth-order valence-corrected chi connectivity index (χ4v) is 3.10. The Morgan fingerprint density at radius 3 is 2.25 bits per heavy atom. The quantitative estimate of drug-likeness (QED) is 0.410. The second-order valence-corrected chi connectivity index (χ2v) is 6.09. The van der Waals surface area contributed by atoms with E-state index in [-0.39, 0.29) is 32.8 Å². The molecular formula is C15H10Cl3F4NO. The first-order valence-electron chi connectivity index (χ1n) is 6.38. The van der Waals surface area contributed by atoms with Crippen LogP contribution in [0.25, 0.3) is 11.1 Å². The molecule has 2 nitrogen and oxygen atoms in total. The molecule has 2 rings (SSSR count). The summed E-state index contributed by atoms with van der Waals surface area (Å²) in [7, 11) is 1.08. The molecule has 0 aliphatic rings. The van der Waals surface area contributed by atoms with E-state index in [1.807, 2.05) is 0 Å². The molecule has 0 saturated heterocycles. The van der Waals surface area contributed by atoms with Crippen LogP contribution in [0, 0.1) is 5.82 Å². The van der Waals surface area contributed by atoms with E-state index in [0.717, 1.165) is 19.2 Å². The van der Waals surface area contributed by atoms with E-state index in [4.69, 9.17) is 39.5 Å². The first-order valence-corrected chi connectivity index (χ1v) is 7.52. The second kappa shape index (κ2) is 6.50. The van der Waals surface area contributed by atoms with Crippen LogP contribution in [0.15, 0.2) is 24.5 Å². The zero-order chi connectivity index (χ0) is 18.4. The third kappa shape index (κ3) is 3.36. The molecule has 0 atom stereocenters. The predicted molar refractivity (Wildman–Crippen MR) is 86.3 cm³/mol. The van der Waals surface area contributed by atoms with Gasteiger partial charge in [0.25, 0.3) is 0 Å². The smallest absolute Gasteiger partial charge is 0.432 e. The van der Waals surface area contributed by atoms with E-state index in [9.17, 15) is 17.6 Å². The fourth-order valence-electron chi connectivity index (χ4n) is 2.15. The number of halogens is 7. The Morgan fingerprint density at radius 2 is 1.79 bits per heavy atom. The molecule has 130 valence electrons. The molecule has 1 aromatic carbocycles. The molecule has 0 spiro atoms. The van der Waals surface area contributed by atoms with Gasteiger partial charge < -0.3 is 9.30 Å². The standard InChI is InChI=1S/C15H10Cl3F4NO/c1-6(2)24-10-4-7(9(19)5-8(10)16)11-12(17)13(15(20,21)22)23(3)14(11)18/h4-5H,1H2,2-3H3. The van der Waals surface area contributed by atoms with Gasteiger partial charge in [0.1, 0.15) is 22.4 Å². The molecule has 0 unspecified atom stereocenters. The Morgan fingerprint density at radius 1 is 1.21 bits per heavy atom. The number of rotatable bonds is 3. The van der Waals surface area contributed by atoms with Gasteiger partial charge in [0.05, 0.1) is 15.8 Å². The molecule has 0 N–H and O–H groups in total. The monoisotopic (exact) mass is 401 g/mol. The van der Waals surface area contributed by atoms with Crippen LogP contribution in [-0.4, -0.2) is 4.57 Å². The van der Waals surface area contributed by atoms with E-state index >= 15 is 0 Å². The van der Waals surface area contributed by atoms with Crippen molar-refractivity contribution in [3.8, 4) is 16.9 Å². The van der Waals surface area contributed by atoms with Gasteiger partial charge in [0, 0.05) is 18.2 Å². The van der Waals surface area contributed by atoms with Crippen LogP contribution in [0.5, 0.6) is 5.75 Å². The highest BCUT2D eigenvalue weighted by Gasteiger charge is 2.40. The predicted octanol–water partition coefficient (Wildman–Crippen LogP) is 6.72. The van der Waals surface area contributed by atoms with E-state index < -0.39 is 22.7 Å². The van der Waals surface area contributed by atoms with E-state index in [2.05, 4.69) is 6.58 Å². The lowest BCUT2D eigenvalue weighted by molar-refractivity contribution is -0.142. The molecule has 1 heterocycles. The van der Waals surface area contributed by atoms with Crippen LogP contribution in [0.4, 0.5) is 17.6 Å². The molecule has 0 aliphatic heterocycles. The molecule has 9 heteroatoms. The summed E-state index contributed by atoms with van der Waals surface area (Å²) in [5.74, 6) is -0.613. The Hall–Kier alpha value is -1.37. The van der Waals surface area contributed by atoms with Crippen molar-refractivity contribution in [3.63, 3.8) is 0 Å². The van der Waals surface area contributed by atoms with Crippen LogP contribution >= 0.6 is 34.8 Å². The Balaban J connectivity index is 2.76. The van der Waals surface area contributed by atoms with Crippen LogP contribution in [-0.2, 0) is 13.2 Å². The third-order valence-corrected chi connectivity index (χ3v) is 4.21. The summed E-state index contributed by atoms with van der Waals surface area (Å²) in [5, 5.41) is -1.15. The maximum absolute atomic E-state index is 14.3. The maximum atomic E-state index is 14.3. The van der Waals surface area contributed by atoms with Crippen LogP contribution in [0.1, 0.15) is 12.6 Å². The zero-order valence-corrected chi connectivity index (χ0v) is 14.6. The highest BCUT2D eigenvalue weighted by atomic mass is 35.5. The number of benzene rings is 1. The summed E-state index contributed by atoms with van der Waals surface area (Å²) in [4.78, 5) is 0. The Kier molecular flexibility index (Phi) is 5.14. The van der Waals surface area contributed by atoms with Crippen LogP contribution in [0.2, 0.25) is 15.2 Å². The lowest BCUT2D eigenvalue weighted by atomic mass is 10.1. The summed E-state index contributed by atoms with van der Waals surface area (Å²) in [6.07, 6.45) is -4.76. The van der Waals surface area contributed by atoms with Crippen molar-refractivity contribution in [1.82, 2.24) is 4.57 Å². The van der Waals surface area contributed by atoms with Crippen molar-refractivity contribution in [2.24, 2.45) is 7.05 Å². The summed E-state index contributed by atoms with van der Waals surface area (Å²) in [6, 6.07) is 2.03. The number of hydrogen-bond donors (Lipinski definition) is 0. The maximum Gasteiger partial charge on any atom is 0.432 e. The van der Waals surface area contributed by atoms with Gasteiger partial charge in [0.15, 0.2) is 0 Å². The van der Waals surface area contributed by atoms with Crippen LogP contribution in [0.3, 0.4) is 0 Å². The molecule has 0 radical (unpaired) electrons. The number of alkyl halides is 3. The average Bonchev–Trinajstić information content (AvgIpc) is 2.63. The molecule has 0 amide bonds.